The van der Waals surface area contributed by atoms with E-state index in [2.05, 4.69) is 0 Å². The number of rotatable bonds is 4. The predicted octanol–water partition coefficient (Wildman–Crippen LogP) is 4.25. The molecule has 0 heterocycles. The molecule has 20 heavy (non-hydrogen) atoms. The second-order valence-electron chi connectivity index (χ2n) is 4.40. The van der Waals surface area contributed by atoms with Crippen molar-refractivity contribution in [1.29, 1.82) is 0 Å². The lowest BCUT2D eigenvalue weighted by Crippen LogP contribution is -2.02. The van der Waals surface area contributed by atoms with E-state index in [4.69, 9.17) is 16.3 Å². The van der Waals surface area contributed by atoms with Gasteiger partial charge < -0.3 is 9.84 Å². The summed E-state index contributed by atoms with van der Waals surface area (Å²) in [5.74, 6) is -0.715. The Hall–Kier alpha value is -1.65. The minimum Gasteiger partial charge on any atom is -0.488 e. The summed E-state index contributed by atoms with van der Waals surface area (Å²) < 4.78 is 31.7. The van der Waals surface area contributed by atoms with E-state index in [1.54, 1.807) is 6.92 Å². The molecule has 5 heteroatoms. The number of benzene rings is 2. The van der Waals surface area contributed by atoms with E-state index in [1.165, 1.54) is 36.4 Å². The summed E-state index contributed by atoms with van der Waals surface area (Å²) in [6, 6.07) is 8.13. The average molecular weight is 299 g/mol. The molecule has 0 unspecified atom stereocenters. The molecule has 2 aromatic carbocycles. The van der Waals surface area contributed by atoms with E-state index in [1.807, 2.05) is 0 Å². The maximum atomic E-state index is 13.2. The van der Waals surface area contributed by atoms with Crippen LogP contribution in [-0.4, -0.2) is 5.11 Å². The number of halogens is 3. The Morgan fingerprint density at radius 3 is 2.60 bits per heavy atom. The molecule has 2 rings (SSSR count). The van der Waals surface area contributed by atoms with Crippen molar-refractivity contribution in [3.63, 3.8) is 0 Å². The standard InChI is InChI=1S/C15H13ClF2O2/c1-9(19)12-4-3-11(17)7-15(12)20-8-10-2-5-14(18)13(16)6-10/h2-7,9,19H,8H2,1H3/t9-/m0/s1. The van der Waals surface area contributed by atoms with Crippen LogP contribution in [0, 0.1) is 11.6 Å². The van der Waals surface area contributed by atoms with Gasteiger partial charge in [-0.25, -0.2) is 8.78 Å². The van der Waals surface area contributed by atoms with Crippen molar-refractivity contribution in [3.05, 3.63) is 64.2 Å². The second-order valence-corrected chi connectivity index (χ2v) is 4.80. The Labute approximate surface area is 120 Å². The van der Waals surface area contributed by atoms with Gasteiger partial charge in [-0.1, -0.05) is 17.7 Å². The van der Waals surface area contributed by atoms with Gasteiger partial charge in [-0.05, 0) is 36.8 Å². The molecule has 0 amide bonds. The van der Waals surface area contributed by atoms with Gasteiger partial charge in [0, 0.05) is 11.6 Å². The lowest BCUT2D eigenvalue weighted by atomic mass is 10.1. The first-order chi connectivity index (χ1) is 9.47. The lowest BCUT2D eigenvalue weighted by Gasteiger charge is -2.13. The minimum atomic E-state index is -0.776. The van der Waals surface area contributed by atoms with Crippen LogP contribution in [0.4, 0.5) is 8.78 Å². The molecular formula is C15H13ClF2O2. The molecule has 2 aromatic rings. The van der Waals surface area contributed by atoms with Crippen molar-refractivity contribution < 1.29 is 18.6 Å². The van der Waals surface area contributed by atoms with Gasteiger partial charge in [0.2, 0.25) is 0 Å². The van der Waals surface area contributed by atoms with Crippen LogP contribution >= 0.6 is 11.6 Å². The predicted molar refractivity (Wildman–Crippen MR) is 72.8 cm³/mol. The first-order valence-electron chi connectivity index (χ1n) is 6.01. The molecule has 0 saturated heterocycles. The third kappa shape index (κ3) is 3.46. The molecular weight excluding hydrogens is 286 g/mol. The van der Waals surface area contributed by atoms with Gasteiger partial charge in [0.15, 0.2) is 0 Å². The molecule has 0 saturated carbocycles. The summed E-state index contributed by atoms with van der Waals surface area (Å²) >= 11 is 5.67. The van der Waals surface area contributed by atoms with Crippen LogP contribution < -0.4 is 4.74 Å². The summed E-state index contributed by atoms with van der Waals surface area (Å²) in [4.78, 5) is 0. The summed E-state index contributed by atoms with van der Waals surface area (Å²) in [6.45, 7) is 1.66. The number of aliphatic hydroxyl groups excluding tert-OH is 1. The third-order valence-electron chi connectivity index (χ3n) is 2.80. The van der Waals surface area contributed by atoms with Crippen molar-refractivity contribution in [3.8, 4) is 5.75 Å². The van der Waals surface area contributed by atoms with E-state index >= 15 is 0 Å². The van der Waals surface area contributed by atoms with Crippen LogP contribution in [0.15, 0.2) is 36.4 Å². The molecule has 0 aliphatic heterocycles. The normalized spacial score (nSPS) is 12.2. The molecule has 106 valence electrons. The zero-order valence-electron chi connectivity index (χ0n) is 10.7. The zero-order chi connectivity index (χ0) is 14.7. The Morgan fingerprint density at radius 2 is 1.95 bits per heavy atom. The zero-order valence-corrected chi connectivity index (χ0v) is 11.5. The van der Waals surface area contributed by atoms with E-state index in [-0.39, 0.29) is 17.4 Å². The maximum Gasteiger partial charge on any atom is 0.141 e. The lowest BCUT2D eigenvalue weighted by molar-refractivity contribution is 0.190. The SMILES string of the molecule is C[C@H](O)c1ccc(F)cc1OCc1ccc(F)c(Cl)c1. The monoisotopic (exact) mass is 298 g/mol. The summed E-state index contributed by atoms with van der Waals surface area (Å²) in [5.41, 5.74) is 1.14. The summed E-state index contributed by atoms with van der Waals surface area (Å²) in [6.07, 6.45) is -0.776. The van der Waals surface area contributed by atoms with Gasteiger partial charge >= 0.3 is 0 Å². The number of ether oxygens (including phenoxy) is 1. The van der Waals surface area contributed by atoms with Crippen molar-refractivity contribution in [2.24, 2.45) is 0 Å². The molecule has 0 aliphatic rings. The van der Waals surface area contributed by atoms with Gasteiger partial charge in [-0.3, -0.25) is 0 Å². The Balaban J connectivity index is 2.17. The van der Waals surface area contributed by atoms with Crippen LogP contribution in [0.3, 0.4) is 0 Å². The van der Waals surface area contributed by atoms with Crippen molar-refractivity contribution >= 4 is 11.6 Å². The molecule has 0 aromatic heterocycles. The van der Waals surface area contributed by atoms with Crippen molar-refractivity contribution in [1.82, 2.24) is 0 Å². The molecule has 1 atom stereocenters. The van der Waals surface area contributed by atoms with Crippen LogP contribution in [0.25, 0.3) is 0 Å². The molecule has 0 radical (unpaired) electrons. The average Bonchev–Trinajstić information content (AvgIpc) is 2.40. The second kappa shape index (κ2) is 6.20. The molecule has 1 N–H and O–H groups in total. The molecule has 0 spiro atoms. The highest BCUT2D eigenvalue weighted by Gasteiger charge is 2.11. The highest BCUT2D eigenvalue weighted by atomic mass is 35.5. The highest BCUT2D eigenvalue weighted by molar-refractivity contribution is 6.30. The Bertz CT molecular complexity index is 615. The van der Waals surface area contributed by atoms with Gasteiger partial charge in [0.25, 0.3) is 0 Å². The summed E-state index contributed by atoms with van der Waals surface area (Å²) in [5, 5.41) is 9.60. The van der Waals surface area contributed by atoms with Gasteiger partial charge in [-0.15, -0.1) is 0 Å². The highest BCUT2D eigenvalue weighted by Crippen LogP contribution is 2.27. The molecule has 2 nitrogen and oxygen atoms in total. The first kappa shape index (κ1) is 14.8. The maximum absolute atomic E-state index is 13.2. The van der Waals surface area contributed by atoms with Gasteiger partial charge in [0.1, 0.15) is 24.0 Å². The smallest absolute Gasteiger partial charge is 0.141 e. The molecule has 0 bridgehead atoms. The van der Waals surface area contributed by atoms with Gasteiger partial charge in [0.05, 0.1) is 11.1 Å². The quantitative estimate of drug-likeness (QED) is 0.914. The molecule has 0 aliphatic carbocycles. The number of hydrogen-bond donors (Lipinski definition) is 1. The Kier molecular flexibility index (Phi) is 4.57. The fourth-order valence-corrected chi connectivity index (χ4v) is 1.97. The topological polar surface area (TPSA) is 29.5 Å². The molecule has 0 fully saturated rings. The van der Waals surface area contributed by atoms with Crippen molar-refractivity contribution in [2.45, 2.75) is 19.6 Å². The van der Waals surface area contributed by atoms with Crippen LogP contribution in [0.1, 0.15) is 24.2 Å². The largest absolute Gasteiger partial charge is 0.488 e. The third-order valence-corrected chi connectivity index (χ3v) is 3.09. The fraction of sp³-hybridized carbons (Fsp3) is 0.200. The summed E-state index contributed by atoms with van der Waals surface area (Å²) in [7, 11) is 0. The van der Waals surface area contributed by atoms with Crippen LogP contribution in [0.2, 0.25) is 5.02 Å². The first-order valence-corrected chi connectivity index (χ1v) is 6.39. The van der Waals surface area contributed by atoms with E-state index in [0.717, 1.165) is 0 Å². The fourth-order valence-electron chi connectivity index (χ4n) is 1.77. The van der Waals surface area contributed by atoms with Crippen LogP contribution in [-0.2, 0) is 6.61 Å². The van der Waals surface area contributed by atoms with E-state index < -0.39 is 17.7 Å². The Morgan fingerprint density at radius 1 is 1.20 bits per heavy atom. The van der Waals surface area contributed by atoms with E-state index in [0.29, 0.717) is 11.1 Å². The minimum absolute atomic E-state index is 0.00101. The number of hydrogen-bond acceptors (Lipinski definition) is 2. The van der Waals surface area contributed by atoms with Crippen LogP contribution in [0.5, 0.6) is 5.75 Å². The number of aliphatic hydroxyl groups is 1. The van der Waals surface area contributed by atoms with Crippen molar-refractivity contribution in [2.75, 3.05) is 0 Å². The van der Waals surface area contributed by atoms with E-state index in [9.17, 15) is 13.9 Å². The van der Waals surface area contributed by atoms with Gasteiger partial charge in [-0.2, -0.15) is 0 Å².